The van der Waals surface area contributed by atoms with Crippen LogP contribution in [0.5, 0.6) is 0 Å². The highest BCUT2D eigenvalue weighted by molar-refractivity contribution is 5.83. The first-order valence-corrected chi connectivity index (χ1v) is 3.63. The van der Waals surface area contributed by atoms with E-state index < -0.39 is 0 Å². The van der Waals surface area contributed by atoms with E-state index in [1.165, 1.54) is 0 Å². The predicted molar refractivity (Wildman–Crippen MR) is 37.4 cm³/mol. The van der Waals surface area contributed by atoms with E-state index in [4.69, 9.17) is 10.5 Å². The van der Waals surface area contributed by atoms with Crippen molar-refractivity contribution in [3.05, 3.63) is 0 Å². The minimum absolute atomic E-state index is 0.203. The summed E-state index contributed by atoms with van der Waals surface area (Å²) < 4.78 is 5.19. The van der Waals surface area contributed by atoms with Crippen molar-refractivity contribution in [3.8, 4) is 0 Å². The lowest BCUT2D eigenvalue weighted by atomic mass is 9.99. The molecule has 0 aromatic rings. The summed E-state index contributed by atoms with van der Waals surface area (Å²) in [6.45, 7) is 4.01. The van der Waals surface area contributed by atoms with Crippen molar-refractivity contribution in [1.29, 1.82) is 0 Å². The predicted octanol–water partition coefficient (Wildman–Crippen LogP) is 0.429. The minimum Gasteiger partial charge on any atom is -0.367 e. The molecule has 2 N–H and O–H groups in total. The van der Waals surface area contributed by atoms with Gasteiger partial charge in [0.25, 0.3) is 0 Å². The summed E-state index contributed by atoms with van der Waals surface area (Å²) in [5.41, 5.74) is 4.86. The first-order valence-electron chi connectivity index (χ1n) is 3.63. The van der Waals surface area contributed by atoms with Crippen molar-refractivity contribution in [2.45, 2.75) is 38.4 Å². The van der Waals surface area contributed by atoms with Gasteiger partial charge in [-0.25, -0.2) is 0 Å². The molecule has 1 atom stereocenters. The fraction of sp³-hybridized carbons (Fsp3) is 0.857. The topological polar surface area (TPSA) is 55.6 Å². The Morgan fingerprint density at radius 3 is 2.20 bits per heavy atom. The number of hydrogen-bond acceptors (Lipinski definition) is 2. The molecule has 1 aliphatic rings. The second-order valence-corrected chi connectivity index (χ2v) is 2.67. The average Bonchev–Trinajstić information content (AvgIpc) is 2.63. The number of amides is 1. The second kappa shape index (κ2) is 2.23. The van der Waals surface area contributed by atoms with Gasteiger partial charge in [-0.1, -0.05) is 13.8 Å². The molecule has 3 nitrogen and oxygen atoms in total. The van der Waals surface area contributed by atoms with E-state index in [9.17, 15) is 4.79 Å². The highest BCUT2D eigenvalue weighted by Crippen LogP contribution is 2.42. The summed E-state index contributed by atoms with van der Waals surface area (Å²) in [5.74, 6) is -0.330. The number of primary amides is 1. The lowest BCUT2D eigenvalue weighted by molar-refractivity contribution is -0.119. The molecule has 1 unspecified atom stereocenters. The van der Waals surface area contributed by atoms with Gasteiger partial charge in [0.2, 0.25) is 5.91 Å². The molecular weight excluding hydrogens is 130 g/mol. The monoisotopic (exact) mass is 143 g/mol. The number of ether oxygens (including phenoxy) is 1. The fourth-order valence-corrected chi connectivity index (χ4v) is 1.31. The largest absolute Gasteiger partial charge is 0.367 e. The second-order valence-electron chi connectivity index (χ2n) is 2.67. The number of carbonyl (C=O) groups excluding carboxylic acids is 1. The Labute approximate surface area is 60.5 Å². The summed E-state index contributed by atoms with van der Waals surface area (Å²) in [5, 5.41) is 0. The van der Waals surface area contributed by atoms with Crippen molar-refractivity contribution >= 4 is 5.91 Å². The molecule has 1 heterocycles. The van der Waals surface area contributed by atoms with E-state index in [2.05, 4.69) is 0 Å². The smallest absolute Gasteiger partial charge is 0.249 e. The Kier molecular flexibility index (Phi) is 1.68. The summed E-state index contributed by atoms with van der Waals surface area (Å²) >= 11 is 0. The van der Waals surface area contributed by atoms with Gasteiger partial charge >= 0.3 is 0 Å². The molecule has 58 valence electrons. The van der Waals surface area contributed by atoms with Crippen molar-refractivity contribution < 1.29 is 9.53 Å². The Bertz CT molecular complexity index is 152. The van der Waals surface area contributed by atoms with Crippen LogP contribution >= 0.6 is 0 Å². The van der Waals surface area contributed by atoms with Crippen LogP contribution in [0.1, 0.15) is 26.7 Å². The van der Waals surface area contributed by atoms with Gasteiger partial charge in [-0.2, -0.15) is 0 Å². The summed E-state index contributed by atoms with van der Waals surface area (Å²) in [6.07, 6.45) is 1.43. The minimum atomic E-state index is -0.330. The van der Waals surface area contributed by atoms with Crippen LogP contribution < -0.4 is 5.73 Å². The van der Waals surface area contributed by atoms with E-state index in [1.54, 1.807) is 0 Å². The lowest BCUT2D eigenvalue weighted by Crippen LogP contribution is -2.25. The van der Waals surface area contributed by atoms with E-state index in [-0.39, 0.29) is 17.6 Å². The Morgan fingerprint density at radius 1 is 1.60 bits per heavy atom. The van der Waals surface area contributed by atoms with Gasteiger partial charge in [0.05, 0.1) is 0 Å². The van der Waals surface area contributed by atoms with Crippen molar-refractivity contribution in [2.75, 3.05) is 0 Å². The van der Waals surface area contributed by atoms with E-state index in [0.29, 0.717) is 0 Å². The number of hydrogen-bond donors (Lipinski definition) is 1. The quantitative estimate of drug-likeness (QED) is 0.582. The molecule has 3 heteroatoms. The van der Waals surface area contributed by atoms with Crippen LogP contribution in [0.3, 0.4) is 0 Å². The number of epoxide rings is 1. The standard InChI is InChI=1S/C7H13NO2/c1-3-7(4-2)5(10-7)6(8)9/h5H,3-4H2,1-2H3,(H2,8,9). The molecule has 0 spiro atoms. The summed E-state index contributed by atoms with van der Waals surface area (Å²) in [6, 6.07) is 0. The zero-order valence-corrected chi connectivity index (χ0v) is 6.39. The van der Waals surface area contributed by atoms with Gasteiger partial charge in [-0.3, -0.25) is 4.79 Å². The molecule has 0 bridgehead atoms. The van der Waals surface area contributed by atoms with Crippen LogP contribution in [0, 0.1) is 0 Å². The average molecular weight is 143 g/mol. The van der Waals surface area contributed by atoms with Gasteiger partial charge in [0.1, 0.15) is 5.60 Å². The normalized spacial score (nSPS) is 28.0. The number of nitrogens with two attached hydrogens (primary N) is 1. The number of rotatable bonds is 3. The van der Waals surface area contributed by atoms with Crippen LogP contribution in [-0.4, -0.2) is 17.6 Å². The molecule has 1 saturated heterocycles. The van der Waals surface area contributed by atoms with Crippen molar-refractivity contribution in [3.63, 3.8) is 0 Å². The molecule has 0 saturated carbocycles. The van der Waals surface area contributed by atoms with Crippen molar-refractivity contribution in [1.82, 2.24) is 0 Å². The van der Waals surface area contributed by atoms with Crippen molar-refractivity contribution in [2.24, 2.45) is 5.73 Å². The first-order chi connectivity index (χ1) is 4.66. The maximum atomic E-state index is 10.6. The summed E-state index contributed by atoms with van der Waals surface area (Å²) in [7, 11) is 0. The maximum Gasteiger partial charge on any atom is 0.249 e. The molecule has 0 aliphatic carbocycles. The molecular formula is C7H13NO2. The first kappa shape index (κ1) is 7.54. The zero-order valence-electron chi connectivity index (χ0n) is 6.39. The van der Waals surface area contributed by atoms with Gasteiger partial charge < -0.3 is 10.5 Å². The van der Waals surface area contributed by atoms with E-state index in [0.717, 1.165) is 12.8 Å². The highest BCUT2D eigenvalue weighted by Gasteiger charge is 2.56. The fourth-order valence-electron chi connectivity index (χ4n) is 1.31. The summed E-state index contributed by atoms with van der Waals surface area (Å²) in [4.78, 5) is 10.6. The zero-order chi connectivity index (χ0) is 7.78. The van der Waals surface area contributed by atoms with Crippen LogP contribution in [0.25, 0.3) is 0 Å². The third kappa shape index (κ3) is 0.904. The van der Waals surface area contributed by atoms with Crippen LogP contribution in [0.15, 0.2) is 0 Å². The Hall–Kier alpha value is -0.570. The van der Waals surface area contributed by atoms with E-state index >= 15 is 0 Å². The Morgan fingerprint density at radius 2 is 2.10 bits per heavy atom. The maximum absolute atomic E-state index is 10.6. The Balaban J connectivity index is 2.53. The molecule has 1 amide bonds. The lowest BCUT2D eigenvalue weighted by Gasteiger charge is -2.02. The molecule has 0 aromatic heterocycles. The molecule has 0 aromatic carbocycles. The SMILES string of the molecule is CCC1(CC)OC1C(N)=O. The highest BCUT2D eigenvalue weighted by atomic mass is 16.6. The van der Waals surface area contributed by atoms with E-state index in [1.807, 2.05) is 13.8 Å². The van der Waals surface area contributed by atoms with Gasteiger partial charge in [0.15, 0.2) is 6.10 Å². The number of carbonyl (C=O) groups is 1. The van der Waals surface area contributed by atoms with Crippen LogP contribution in [0.4, 0.5) is 0 Å². The molecule has 10 heavy (non-hydrogen) atoms. The van der Waals surface area contributed by atoms with Gasteiger partial charge in [-0.05, 0) is 12.8 Å². The third-order valence-corrected chi connectivity index (χ3v) is 2.23. The third-order valence-electron chi connectivity index (χ3n) is 2.23. The molecule has 1 fully saturated rings. The van der Waals surface area contributed by atoms with Gasteiger partial charge in [-0.15, -0.1) is 0 Å². The molecule has 1 aliphatic heterocycles. The van der Waals surface area contributed by atoms with Crippen LogP contribution in [-0.2, 0) is 9.53 Å². The molecule has 0 radical (unpaired) electrons. The molecule has 1 rings (SSSR count). The van der Waals surface area contributed by atoms with Gasteiger partial charge in [0, 0.05) is 0 Å². The van der Waals surface area contributed by atoms with Crippen LogP contribution in [0.2, 0.25) is 0 Å².